The number of hydrogen-bond acceptors (Lipinski definition) is 4. The predicted octanol–water partition coefficient (Wildman–Crippen LogP) is 3.22. The van der Waals surface area contributed by atoms with Gasteiger partial charge in [-0.05, 0) is 12.0 Å². The second-order valence-corrected chi connectivity index (χ2v) is 5.19. The minimum atomic E-state index is -0.773. The van der Waals surface area contributed by atoms with Crippen molar-refractivity contribution in [3.8, 4) is 5.75 Å². The molecule has 5 nitrogen and oxygen atoms in total. The van der Waals surface area contributed by atoms with Crippen molar-refractivity contribution in [3.05, 3.63) is 53.9 Å². The van der Waals surface area contributed by atoms with Crippen molar-refractivity contribution in [2.45, 2.75) is 25.9 Å². The van der Waals surface area contributed by atoms with Crippen LogP contribution in [0.25, 0.3) is 11.0 Å². The summed E-state index contributed by atoms with van der Waals surface area (Å²) in [5.41, 5.74) is 2.14. The molecule has 1 atom stereocenters. The first-order chi connectivity index (χ1) is 10.8. The molecule has 0 radical (unpaired) electrons. The molecule has 0 fully saturated rings. The molecule has 0 saturated carbocycles. The number of fused-ring (bicyclic) bond motifs is 1. The van der Waals surface area contributed by atoms with Crippen LogP contribution in [-0.4, -0.2) is 26.9 Å². The number of aromatic nitrogens is 3. The topological polar surface area (TPSA) is 71.0 Å². The highest BCUT2D eigenvalue weighted by Crippen LogP contribution is 2.34. The first-order valence-corrected chi connectivity index (χ1v) is 7.49. The zero-order chi connectivity index (χ0) is 15.4. The molecule has 3 rings (SSSR count). The Balaban J connectivity index is 2.02. The van der Waals surface area contributed by atoms with Crippen LogP contribution in [0.15, 0.2) is 42.7 Å². The van der Waals surface area contributed by atoms with Gasteiger partial charge in [0.05, 0.1) is 18.2 Å². The molecule has 2 aromatic heterocycles. The molecule has 0 aliphatic rings. The standard InChI is InChI=1S/C17H19N3O2/c1-2-3-9-22-16-13(10-18-17-14(16)11-19-20-17)15(21)12-7-5-4-6-8-12/h4-8,10-11,15,21H,2-3,9H2,1H3,(H,18,19,20). The lowest BCUT2D eigenvalue weighted by Crippen LogP contribution is -2.06. The number of ether oxygens (including phenoxy) is 1. The summed E-state index contributed by atoms with van der Waals surface area (Å²) in [6.07, 6.45) is 4.58. The molecule has 0 saturated heterocycles. The Bertz CT molecular complexity index is 740. The van der Waals surface area contributed by atoms with Crippen LogP contribution >= 0.6 is 0 Å². The molecule has 0 spiro atoms. The molecule has 0 bridgehead atoms. The van der Waals surface area contributed by atoms with Gasteiger partial charge in [0.1, 0.15) is 11.9 Å². The van der Waals surface area contributed by atoms with E-state index in [-0.39, 0.29) is 0 Å². The quantitative estimate of drug-likeness (QED) is 0.685. The van der Waals surface area contributed by atoms with E-state index < -0.39 is 6.10 Å². The predicted molar refractivity (Wildman–Crippen MR) is 84.8 cm³/mol. The number of hydrogen-bond donors (Lipinski definition) is 2. The lowest BCUT2D eigenvalue weighted by atomic mass is 10.0. The minimum absolute atomic E-state index is 0.606. The molecule has 0 aliphatic carbocycles. The van der Waals surface area contributed by atoms with E-state index >= 15 is 0 Å². The Hall–Kier alpha value is -2.40. The number of unbranched alkanes of at least 4 members (excludes halogenated alkanes) is 1. The highest BCUT2D eigenvalue weighted by Gasteiger charge is 2.19. The van der Waals surface area contributed by atoms with Crippen LogP contribution in [0.2, 0.25) is 0 Å². The zero-order valence-corrected chi connectivity index (χ0v) is 12.5. The number of aliphatic hydroxyl groups is 1. The van der Waals surface area contributed by atoms with E-state index in [9.17, 15) is 5.11 Å². The number of rotatable bonds is 6. The van der Waals surface area contributed by atoms with Crippen molar-refractivity contribution in [2.75, 3.05) is 6.61 Å². The largest absolute Gasteiger partial charge is 0.492 e. The van der Waals surface area contributed by atoms with Gasteiger partial charge in [0.2, 0.25) is 0 Å². The fourth-order valence-electron chi connectivity index (χ4n) is 2.38. The Kier molecular flexibility index (Phi) is 4.34. The SMILES string of the molecule is CCCCOc1c(C(O)c2ccccc2)cnc2[nH]ncc12. The number of nitrogens with zero attached hydrogens (tertiary/aromatic N) is 2. The van der Waals surface area contributed by atoms with Gasteiger partial charge in [-0.1, -0.05) is 43.7 Å². The van der Waals surface area contributed by atoms with E-state index in [1.54, 1.807) is 12.4 Å². The van der Waals surface area contributed by atoms with E-state index in [0.29, 0.717) is 23.6 Å². The van der Waals surface area contributed by atoms with Crippen molar-refractivity contribution in [2.24, 2.45) is 0 Å². The average molecular weight is 297 g/mol. The number of H-pyrrole nitrogens is 1. The molecular weight excluding hydrogens is 278 g/mol. The van der Waals surface area contributed by atoms with Gasteiger partial charge in [0, 0.05) is 11.8 Å². The minimum Gasteiger partial charge on any atom is -0.492 e. The summed E-state index contributed by atoms with van der Waals surface area (Å²) in [4.78, 5) is 4.32. The summed E-state index contributed by atoms with van der Waals surface area (Å²) >= 11 is 0. The van der Waals surface area contributed by atoms with Crippen LogP contribution < -0.4 is 4.74 Å². The van der Waals surface area contributed by atoms with E-state index in [1.807, 2.05) is 30.3 Å². The second-order valence-electron chi connectivity index (χ2n) is 5.19. The number of nitrogens with one attached hydrogen (secondary N) is 1. The first-order valence-electron chi connectivity index (χ1n) is 7.49. The fourth-order valence-corrected chi connectivity index (χ4v) is 2.38. The van der Waals surface area contributed by atoms with Gasteiger partial charge in [-0.25, -0.2) is 4.98 Å². The highest BCUT2D eigenvalue weighted by molar-refractivity contribution is 5.83. The molecule has 22 heavy (non-hydrogen) atoms. The lowest BCUT2D eigenvalue weighted by Gasteiger charge is -2.16. The van der Waals surface area contributed by atoms with Gasteiger partial charge < -0.3 is 9.84 Å². The summed E-state index contributed by atoms with van der Waals surface area (Å²) in [7, 11) is 0. The number of pyridine rings is 1. The van der Waals surface area contributed by atoms with Crippen molar-refractivity contribution in [1.82, 2.24) is 15.2 Å². The Morgan fingerprint density at radius 1 is 1.23 bits per heavy atom. The molecule has 0 amide bonds. The average Bonchev–Trinajstić information content (AvgIpc) is 3.04. The molecule has 2 N–H and O–H groups in total. The number of aliphatic hydroxyl groups excluding tert-OH is 1. The fraction of sp³-hybridized carbons (Fsp3) is 0.294. The van der Waals surface area contributed by atoms with Crippen molar-refractivity contribution >= 4 is 11.0 Å². The summed E-state index contributed by atoms with van der Waals surface area (Å²) in [5.74, 6) is 0.656. The van der Waals surface area contributed by atoms with Crippen molar-refractivity contribution < 1.29 is 9.84 Å². The molecule has 1 unspecified atom stereocenters. The van der Waals surface area contributed by atoms with Gasteiger partial charge in [0.25, 0.3) is 0 Å². The first kappa shape index (κ1) is 14.5. The van der Waals surface area contributed by atoms with Crippen LogP contribution in [0, 0.1) is 0 Å². The van der Waals surface area contributed by atoms with E-state index in [0.717, 1.165) is 23.8 Å². The van der Waals surface area contributed by atoms with Gasteiger partial charge in [-0.2, -0.15) is 5.10 Å². The second kappa shape index (κ2) is 6.58. The summed E-state index contributed by atoms with van der Waals surface area (Å²) < 4.78 is 5.93. The Labute approximate surface area is 129 Å². The Morgan fingerprint density at radius 3 is 2.82 bits per heavy atom. The molecule has 1 aromatic carbocycles. The third kappa shape index (κ3) is 2.80. The third-order valence-electron chi connectivity index (χ3n) is 3.61. The number of aromatic amines is 1. The maximum Gasteiger partial charge on any atom is 0.158 e. The van der Waals surface area contributed by atoms with E-state index in [1.165, 1.54) is 0 Å². The lowest BCUT2D eigenvalue weighted by molar-refractivity contribution is 0.210. The van der Waals surface area contributed by atoms with Crippen molar-refractivity contribution in [3.63, 3.8) is 0 Å². The van der Waals surface area contributed by atoms with Gasteiger partial charge in [0.15, 0.2) is 5.65 Å². The van der Waals surface area contributed by atoms with Crippen molar-refractivity contribution in [1.29, 1.82) is 0 Å². The van der Waals surface area contributed by atoms with E-state index in [4.69, 9.17) is 4.74 Å². The molecule has 0 aliphatic heterocycles. The smallest absolute Gasteiger partial charge is 0.158 e. The monoisotopic (exact) mass is 297 g/mol. The Morgan fingerprint density at radius 2 is 2.05 bits per heavy atom. The van der Waals surface area contributed by atoms with Crippen LogP contribution in [0.1, 0.15) is 37.0 Å². The molecule has 5 heteroatoms. The van der Waals surface area contributed by atoms with Crippen LogP contribution in [0.4, 0.5) is 0 Å². The van der Waals surface area contributed by atoms with Gasteiger partial charge in [-0.3, -0.25) is 5.10 Å². The summed E-state index contributed by atoms with van der Waals surface area (Å²) in [6.45, 7) is 2.72. The van der Waals surface area contributed by atoms with Crippen LogP contribution in [0.5, 0.6) is 5.75 Å². The van der Waals surface area contributed by atoms with Gasteiger partial charge in [-0.15, -0.1) is 0 Å². The number of benzene rings is 1. The third-order valence-corrected chi connectivity index (χ3v) is 3.61. The maximum atomic E-state index is 10.7. The summed E-state index contributed by atoms with van der Waals surface area (Å²) in [6, 6.07) is 9.51. The molecule has 2 heterocycles. The molecule has 114 valence electrons. The summed E-state index contributed by atoms with van der Waals surface area (Å²) in [5, 5.41) is 18.3. The maximum absolute atomic E-state index is 10.7. The normalized spacial score (nSPS) is 12.5. The molecule has 3 aromatic rings. The van der Waals surface area contributed by atoms with Crippen LogP contribution in [0.3, 0.4) is 0 Å². The highest BCUT2D eigenvalue weighted by atomic mass is 16.5. The zero-order valence-electron chi connectivity index (χ0n) is 12.5. The van der Waals surface area contributed by atoms with Gasteiger partial charge >= 0.3 is 0 Å². The van der Waals surface area contributed by atoms with Crippen LogP contribution in [-0.2, 0) is 0 Å². The molecular formula is C17H19N3O2. The van der Waals surface area contributed by atoms with E-state index in [2.05, 4.69) is 22.1 Å².